The van der Waals surface area contributed by atoms with Gasteiger partial charge in [-0.05, 0) is 30.2 Å². The van der Waals surface area contributed by atoms with Gasteiger partial charge in [0.05, 0.1) is 6.42 Å². The lowest BCUT2D eigenvalue weighted by molar-refractivity contribution is -0.130. The van der Waals surface area contributed by atoms with Gasteiger partial charge in [-0.3, -0.25) is 14.4 Å². The lowest BCUT2D eigenvalue weighted by Gasteiger charge is -2.18. The van der Waals surface area contributed by atoms with Gasteiger partial charge in [0.1, 0.15) is 23.7 Å². The molecule has 162 valence electrons. The molecule has 2 aromatic rings. The van der Waals surface area contributed by atoms with Crippen LogP contribution in [0.4, 0.5) is 8.78 Å². The second-order valence-electron chi connectivity index (χ2n) is 7.38. The predicted octanol–water partition coefficient (Wildman–Crippen LogP) is 1.97. The number of hydrogen-bond donors (Lipinski definition) is 3. The van der Waals surface area contributed by atoms with Gasteiger partial charge in [0, 0.05) is 18.5 Å². The van der Waals surface area contributed by atoms with Crippen molar-refractivity contribution >= 4 is 17.7 Å². The van der Waals surface area contributed by atoms with Crippen molar-refractivity contribution in [2.24, 2.45) is 0 Å². The third-order valence-electron chi connectivity index (χ3n) is 4.90. The van der Waals surface area contributed by atoms with Crippen molar-refractivity contribution in [2.45, 2.75) is 31.3 Å². The van der Waals surface area contributed by atoms with Gasteiger partial charge in [-0.25, -0.2) is 8.78 Å². The summed E-state index contributed by atoms with van der Waals surface area (Å²) in [6, 6.07) is 10.7. The molecule has 1 heterocycles. The first kappa shape index (κ1) is 22.1. The van der Waals surface area contributed by atoms with E-state index in [1.165, 1.54) is 6.92 Å². The molecule has 0 aliphatic carbocycles. The first-order chi connectivity index (χ1) is 14.8. The molecule has 31 heavy (non-hydrogen) atoms. The van der Waals surface area contributed by atoms with E-state index < -0.39 is 35.5 Å². The Labute approximate surface area is 178 Å². The Bertz CT molecular complexity index is 975. The molecule has 0 radical (unpaired) electrons. The highest BCUT2D eigenvalue weighted by molar-refractivity contribution is 5.93. The molecular formula is C23H23F2N3O3. The van der Waals surface area contributed by atoms with E-state index in [2.05, 4.69) is 16.0 Å². The molecule has 0 fully saturated rings. The summed E-state index contributed by atoms with van der Waals surface area (Å²) in [5.74, 6) is -3.06. The fourth-order valence-corrected chi connectivity index (χ4v) is 3.30. The monoisotopic (exact) mass is 427 g/mol. The molecule has 0 saturated carbocycles. The number of carbonyl (C=O) groups is 3. The fraction of sp³-hybridized carbons (Fsp3) is 0.261. The van der Waals surface area contributed by atoms with Gasteiger partial charge >= 0.3 is 0 Å². The van der Waals surface area contributed by atoms with E-state index in [0.717, 1.165) is 17.7 Å². The van der Waals surface area contributed by atoms with Crippen LogP contribution in [0.5, 0.6) is 0 Å². The van der Waals surface area contributed by atoms with Gasteiger partial charge in [-0.15, -0.1) is 0 Å². The van der Waals surface area contributed by atoms with Crippen molar-refractivity contribution in [2.75, 3.05) is 6.54 Å². The first-order valence-corrected chi connectivity index (χ1v) is 9.87. The third-order valence-corrected chi connectivity index (χ3v) is 4.90. The molecule has 3 rings (SSSR count). The lowest BCUT2D eigenvalue weighted by atomic mass is 9.99. The van der Waals surface area contributed by atoms with E-state index in [9.17, 15) is 23.2 Å². The van der Waals surface area contributed by atoms with Gasteiger partial charge in [0.2, 0.25) is 17.7 Å². The van der Waals surface area contributed by atoms with Crippen LogP contribution in [0.1, 0.15) is 24.0 Å². The van der Waals surface area contributed by atoms with Crippen molar-refractivity contribution in [3.63, 3.8) is 0 Å². The number of nitrogens with one attached hydrogen (secondary N) is 3. The quantitative estimate of drug-likeness (QED) is 0.616. The number of amides is 3. The summed E-state index contributed by atoms with van der Waals surface area (Å²) in [7, 11) is 0. The second kappa shape index (κ2) is 9.97. The van der Waals surface area contributed by atoms with E-state index in [0.29, 0.717) is 12.6 Å². The van der Waals surface area contributed by atoms with Gasteiger partial charge in [0.25, 0.3) is 0 Å². The number of hydrogen-bond acceptors (Lipinski definition) is 3. The SMILES string of the molecule is C[C@H](NC(=O)Cc1cc(F)cc(F)c1)C(=O)N[C@H]1C=C[C@@H](c2ccccc2)CNC1=O. The Morgan fingerprint density at radius 3 is 2.45 bits per heavy atom. The molecule has 3 atom stereocenters. The number of carbonyl (C=O) groups excluding carboxylic acids is 3. The fourth-order valence-electron chi connectivity index (χ4n) is 3.30. The van der Waals surface area contributed by atoms with Crippen LogP contribution in [0.3, 0.4) is 0 Å². The molecule has 6 nitrogen and oxygen atoms in total. The van der Waals surface area contributed by atoms with Crippen molar-refractivity contribution in [3.8, 4) is 0 Å². The number of halogens is 2. The molecular weight excluding hydrogens is 404 g/mol. The summed E-state index contributed by atoms with van der Waals surface area (Å²) in [4.78, 5) is 36.9. The zero-order valence-electron chi connectivity index (χ0n) is 16.9. The van der Waals surface area contributed by atoms with Crippen LogP contribution in [0, 0.1) is 11.6 Å². The zero-order chi connectivity index (χ0) is 22.4. The molecule has 0 bridgehead atoms. The molecule has 1 aliphatic rings. The highest BCUT2D eigenvalue weighted by atomic mass is 19.1. The topological polar surface area (TPSA) is 87.3 Å². The molecule has 1 aliphatic heterocycles. The molecule has 0 saturated heterocycles. The Morgan fingerprint density at radius 2 is 1.77 bits per heavy atom. The summed E-state index contributed by atoms with van der Waals surface area (Å²) < 4.78 is 26.5. The Morgan fingerprint density at radius 1 is 1.10 bits per heavy atom. The highest BCUT2D eigenvalue weighted by Gasteiger charge is 2.25. The van der Waals surface area contributed by atoms with Crippen LogP contribution < -0.4 is 16.0 Å². The molecule has 0 aromatic heterocycles. The van der Waals surface area contributed by atoms with Crippen LogP contribution in [0.2, 0.25) is 0 Å². The maximum Gasteiger partial charge on any atom is 0.246 e. The molecule has 3 amide bonds. The largest absolute Gasteiger partial charge is 0.353 e. The Balaban J connectivity index is 1.56. The standard InChI is InChI=1S/C23H23F2N3O3/c1-14(27-21(29)11-15-9-18(24)12-19(25)10-15)22(30)28-20-8-7-17(13-26-23(20)31)16-5-3-2-4-6-16/h2-10,12,14,17,20H,11,13H2,1H3,(H,26,31)(H,27,29)(H,28,30)/t14-,17+,20-/m0/s1. The smallest absolute Gasteiger partial charge is 0.246 e. The molecule has 2 aromatic carbocycles. The van der Waals surface area contributed by atoms with E-state index in [-0.39, 0.29) is 23.8 Å². The molecule has 0 unspecified atom stereocenters. The first-order valence-electron chi connectivity index (χ1n) is 9.87. The summed E-state index contributed by atoms with van der Waals surface area (Å²) in [6.07, 6.45) is 3.21. The number of rotatable bonds is 6. The Hall–Kier alpha value is -3.55. The van der Waals surface area contributed by atoms with Crippen LogP contribution >= 0.6 is 0 Å². The average Bonchev–Trinajstić information content (AvgIpc) is 2.89. The minimum Gasteiger partial charge on any atom is -0.353 e. The van der Waals surface area contributed by atoms with E-state index >= 15 is 0 Å². The average molecular weight is 427 g/mol. The van der Waals surface area contributed by atoms with Gasteiger partial charge in [-0.1, -0.05) is 42.5 Å². The molecule has 0 spiro atoms. The summed E-state index contributed by atoms with van der Waals surface area (Å²) in [6.45, 7) is 1.87. The lowest BCUT2D eigenvalue weighted by Crippen LogP contribution is -2.52. The van der Waals surface area contributed by atoms with Gasteiger partial charge in [-0.2, -0.15) is 0 Å². The van der Waals surface area contributed by atoms with Crippen molar-refractivity contribution in [3.05, 3.63) is 83.4 Å². The molecule has 8 heteroatoms. The summed E-state index contributed by atoms with van der Waals surface area (Å²) in [5.41, 5.74) is 1.20. The summed E-state index contributed by atoms with van der Waals surface area (Å²) >= 11 is 0. The van der Waals surface area contributed by atoms with Crippen molar-refractivity contribution < 1.29 is 23.2 Å². The van der Waals surface area contributed by atoms with Crippen LogP contribution in [-0.4, -0.2) is 36.3 Å². The molecule has 3 N–H and O–H groups in total. The van der Waals surface area contributed by atoms with Crippen LogP contribution in [0.25, 0.3) is 0 Å². The zero-order valence-corrected chi connectivity index (χ0v) is 16.9. The van der Waals surface area contributed by atoms with E-state index in [1.807, 2.05) is 36.4 Å². The van der Waals surface area contributed by atoms with Gasteiger partial charge in [0.15, 0.2) is 0 Å². The Kier molecular flexibility index (Phi) is 7.12. The van der Waals surface area contributed by atoms with E-state index in [1.54, 1.807) is 6.08 Å². The van der Waals surface area contributed by atoms with Crippen molar-refractivity contribution in [1.82, 2.24) is 16.0 Å². The minimum absolute atomic E-state index is 0.0177. The predicted molar refractivity (Wildman–Crippen MR) is 111 cm³/mol. The normalized spacial score (nSPS) is 19.1. The van der Waals surface area contributed by atoms with Crippen LogP contribution in [-0.2, 0) is 20.8 Å². The third kappa shape index (κ3) is 6.21. The van der Waals surface area contributed by atoms with E-state index in [4.69, 9.17) is 0 Å². The highest BCUT2D eigenvalue weighted by Crippen LogP contribution is 2.18. The maximum atomic E-state index is 13.3. The second-order valence-corrected chi connectivity index (χ2v) is 7.38. The van der Waals surface area contributed by atoms with Gasteiger partial charge < -0.3 is 16.0 Å². The summed E-state index contributed by atoms with van der Waals surface area (Å²) in [5, 5.41) is 7.86. The number of benzene rings is 2. The van der Waals surface area contributed by atoms with Crippen molar-refractivity contribution in [1.29, 1.82) is 0 Å². The maximum absolute atomic E-state index is 13.3. The van der Waals surface area contributed by atoms with Crippen LogP contribution in [0.15, 0.2) is 60.7 Å². The minimum atomic E-state index is -0.944.